The van der Waals surface area contributed by atoms with E-state index in [1.54, 1.807) is 0 Å². The molecule has 1 aliphatic rings. The second-order valence-electron chi connectivity index (χ2n) is 4.34. The quantitative estimate of drug-likeness (QED) is 0.805. The minimum atomic E-state index is -4.80. The van der Waals surface area contributed by atoms with E-state index in [1.165, 1.54) is 0 Å². The first-order chi connectivity index (χ1) is 8.39. The van der Waals surface area contributed by atoms with Crippen LogP contribution in [-0.4, -0.2) is 12.6 Å². The van der Waals surface area contributed by atoms with Gasteiger partial charge in [-0.15, -0.1) is 0 Å². The molecular formula is C12H12F5N. The molecule has 0 aliphatic carbocycles. The summed E-state index contributed by atoms with van der Waals surface area (Å²) in [5.41, 5.74) is -1.55. The van der Waals surface area contributed by atoms with Gasteiger partial charge in [-0.25, -0.2) is 8.78 Å². The second kappa shape index (κ2) is 4.84. The van der Waals surface area contributed by atoms with Crippen molar-refractivity contribution in [3.05, 3.63) is 35.1 Å². The van der Waals surface area contributed by atoms with Gasteiger partial charge in [-0.1, -0.05) is 6.07 Å². The van der Waals surface area contributed by atoms with Gasteiger partial charge in [0.05, 0.1) is 5.56 Å². The predicted octanol–water partition coefficient (Wildman–Crippen LogP) is 3.61. The normalized spacial score (nSPS) is 22.2. The lowest BCUT2D eigenvalue weighted by molar-refractivity contribution is -0.140. The molecule has 2 atom stereocenters. The molecule has 1 nitrogen and oxygen atoms in total. The van der Waals surface area contributed by atoms with Gasteiger partial charge in [0.2, 0.25) is 0 Å². The zero-order valence-corrected chi connectivity index (χ0v) is 9.40. The number of alkyl halides is 4. The van der Waals surface area contributed by atoms with Gasteiger partial charge in [0.1, 0.15) is 12.0 Å². The fourth-order valence-electron chi connectivity index (χ4n) is 2.13. The van der Waals surface area contributed by atoms with Gasteiger partial charge >= 0.3 is 6.18 Å². The average molecular weight is 265 g/mol. The van der Waals surface area contributed by atoms with E-state index in [0.717, 1.165) is 12.5 Å². The standard InChI is InChI=1S/C12H12F5N/c13-9-4-3-7(6-8(9)12(15,16)17)11(14)10-2-1-5-18-10/h3-4,6,10-11,18H,1-2,5H2. The molecule has 6 heteroatoms. The summed E-state index contributed by atoms with van der Waals surface area (Å²) in [6.45, 7) is 0.651. The van der Waals surface area contributed by atoms with Crippen LogP contribution >= 0.6 is 0 Å². The summed E-state index contributed by atoms with van der Waals surface area (Å²) in [7, 11) is 0. The van der Waals surface area contributed by atoms with Crippen molar-refractivity contribution < 1.29 is 22.0 Å². The van der Waals surface area contributed by atoms with E-state index in [4.69, 9.17) is 0 Å². The molecular weight excluding hydrogens is 253 g/mol. The van der Waals surface area contributed by atoms with Crippen molar-refractivity contribution in [2.45, 2.75) is 31.2 Å². The van der Waals surface area contributed by atoms with Crippen LogP contribution in [0.5, 0.6) is 0 Å². The second-order valence-corrected chi connectivity index (χ2v) is 4.34. The Morgan fingerprint density at radius 2 is 2.00 bits per heavy atom. The molecule has 0 radical (unpaired) electrons. The summed E-state index contributed by atoms with van der Waals surface area (Å²) in [6, 6.07) is 1.80. The summed E-state index contributed by atoms with van der Waals surface area (Å²) in [4.78, 5) is 0. The molecule has 0 saturated carbocycles. The van der Waals surface area contributed by atoms with E-state index in [1.807, 2.05) is 0 Å². The third-order valence-corrected chi connectivity index (χ3v) is 3.07. The van der Waals surface area contributed by atoms with Gasteiger partial charge in [-0.05, 0) is 37.1 Å². The largest absolute Gasteiger partial charge is 0.419 e. The number of hydrogen-bond donors (Lipinski definition) is 1. The van der Waals surface area contributed by atoms with Crippen LogP contribution in [0.2, 0.25) is 0 Å². The lowest BCUT2D eigenvalue weighted by Crippen LogP contribution is -2.26. The Hall–Kier alpha value is -1.17. The van der Waals surface area contributed by atoms with Crippen LogP contribution in [0, 0.1) is 5.82 Å². The SMILES string of the molecule is Fc1ccc(C(F)C2CCCN2)cc1C(F)(F)F. The van der Waals surface area contributed by atoms with Gasteiger partial charge in [0.25, 0.3) is 0 Å². The highest BCUT2D eigenvalue weighted by molar-refractivity contribution is 5.29. The third kappa shape index (κ3) is 2.63. The first-order valence-corrected chi connectivity index (χ1v) is 5.63. The van der Waals surface area contributed by atoms with E-state index < -0.39 is 29.8 Å². The maximum absolute atomic E-state index is 14.0. The molecule has 18 heavy (non-hydrogen) atoms. The van der Waals surface area contributed by atoms with Gasteiger partial charge in [0.15, 0.2) is 0 Å². The maximum Gasteiger partial charge on any atom is 0.419 e. The fraction of sp³-hybridized carbons (Fsp3) is 0.500. The molecule has 0 amide bonds. The van der Waals surface area contributed by atoms with E-state index in [0.29, 0.717) is 25.1 Å². The highest BCUT2D eigenvalue weighted by atomic mass is 19.4. The molecule has 0 bridgehead atoms. The Morgan fingerprint density at radius 1 is 1.28 bits per heavy atom. The third-order valence-electron chi connectivity index (χ3n) is 3.07. The summed E-state index contributed by atoms with van der Waals surface area (Å²) in [5, 5.41) is 2.88. The Kier molecular flexibility index (Phi) is 3.56. The fourth-order valence-corrected chi connectivity index (χ4v) is 2.13. The Balaban J connectivity index is 2.28. The van der Waals surface area contributed by atoms with Crippen molar-refractivity contribution in [1.82, 2.24) is 5.32 Å². The van der Waals surface area contributed by atoms with Crippen LogP contribution in [-0.2, 0) is 6.18 Å². The van der Waals surface area contributed by atoms with Gasteiger partial charge in [-0.2, -0.15) is 13.2 Å². The van der Waals surface area contributed by atoms with Crippen molar-refractivity contribution in [2.24, 2.45) is 0 Å². The molecule has 1 fully saturated rings. The molecule has 1 aromatic carbocycles. The van der Waals surface area contributed by atoms with E-state index in [-0.39, 0.29) is 5.56 Å². The molecule has 0 spiro atoms. The minimum absolute atomic E-state index is 0.136. The summed E-state index contributed by atoms with van der Waals surface area (Å²) < 4.78 is 64.5. The highest BCUT2D eigenvalue weighted by Crippen LogP contribution is 2.35. The van der Waals surface area contributed by atoms with Crippen LogP contribution in [0.1, 0.15) is 30.1 Å². The van der Waals surface area contributed by atoms with Crippen LogP contribution in [0.3, 0.4) is 0 Å². The first kappa shape index (κ1) is 13.3. The number of nitrogens with one attached hydrogen (secondary N) is 1. The van der Waals surface area contributed by atoms with Crippen molar-refractivity contribution in [2.75, 3.05) is 6.54 Å². The molecule has 1 aromatic rings. The van der Waals surface area contributed by atoms with Crippen LogP contribution in [0.25, 0.3) is 0 Å². The molecule has 0 aromatic heterocycles. The van der Waals surface area contributed by atoms with Crippen molar-refractivity contribution >= 4 is 0 Å². The summed E-state index contributed by atoms with van der Waals surface area (Å²) in [5.74, 6) is -1.38. The van der Waals surface area contributed by atoms with Gasteiger partial charge in [0, 0.05) is 6.04 Å². The number of halogens is 5. The Morgan fingerprint density at radius 3 is 2.56 bits per heavy atom. The van der Waals surface area contributed by atoms with Crippen LogP contribution in [0.4, 0.5) is 22.0 Å². The minimum Gasteiger partial charge on any atom is -0.311 e. The lowest BCUT2D eigenvalue weighted by Gasteiger charge is -2.18. The molecule has 100 valence electrons. The van der Waals surface area contributed by atoms with Gasteiger partial charge < -0.3 is 5.32 Å². The Labute approximate surface area is 101 Å². The topological polar surface area (TPSA) is 12.0 Å². The number of benzene rings is 1. The predicted molar refractivity (Wildman–Crippen MR) is 56.3 cm³/mol. The van der Waals surface area contributed by atoms with Crippen molar-refractivity contribution in [3.63, 3.8) is 0 Å². The monoisotopic (exact) mass is 265 g/mol. The smallest absolute Gasteiger partial charge is 0.311 e. The molecule has 1 heterocycles. The van der Waals surface area contributed by atoms with Crippen molar-refractivity contribution in [3.8, 4) is 0 Å². The molecule has 2 rings (SSSR count). The zero-order chi connectivity index (χ0) is 13.3. The molecule has 1 N–H and O–H groups in total. The van der Waals surface area contributed by atoms with Crippen molar-refractivity contribution in [1.29, 1.82) is 0 Å². The molecule has 2 unspecified atom stereocenters. The maximum atomic E-state index is 14.0. The van der Waals surface area contributed by atoms with E-state index >= 15 is 0 Å². The first-order valence-electron chi connectivity index (χ1n) is 5.63. The van der Waals surface area contributed by atoms with E-state index in [2.05, 4.69) is 5.32 Å². The average Bonchev–Trinajstić information content (AvgIpc) is 2.80. The zero-order valence-electron chi connectivity index (χ0n) is 9.40. The number of hydrogen-bond acceptors (Lipinski definition) is 1. The summed E-state index contributed by atoms with van der Waals surface area (Å²) >= 11 is 0. The van der Waals surface area contributed by atoms with Crippen LogP contribution in [0.15, 0.2) is 18.2 Å². The van der Waals surface area contributed by atoms with E-state index in [9.17, 15) is 22.0 Å². The van der Waals surface area contributed by atoms with Gasteiger partial charge in [-0.3, -0.25) is 0 Å². The lowest BCUT2D eigenvalue weighted by atomic mass is 10.00. The Bertz CT molecular complexity index is 423. The number of rotatable bonds is 2. The molecule has 1 aliphatic heterocycles. The highest BCUT2D eigenvalue weighted by Gasteiger charge is 2.35. The summed E-state index contributed by atoms with van der Waals surface area (Å²) in [6.07, 6.45) is -4.99. The van der Waals surface area contributed by atoms with Crippen LogP contribution < -0.4 is 5.32 Å². The molecule has 1 saturated heterocycles.